The van der Waals surface area contributed by atoms with E-state index in [1.807, 2.05) is 6.92 Å². The third-order valence-corrected chi connectivity index (χ3v) is 3.16. The molecule has 1 aliphatic rings. The number of carboxylic acids is 1. The van der Waals surface area contributed by atoms with Gasteiger partial charge in [-0.25, -0.2) is 4.79 Å². The number of aliphatic carboxylic acids is 1. The van der Waals surface area contributed by atoms with E-state index in [9.17, 15) is 9.59 Å². The van der Waals surface area contributed by atoms with Gasteiger partial charge >= 0.3 is 12.0 Å². The van der Waals surface area contributed by atoms with Gasteiger partial charge in [0.25, 0.3) is 0 Å². The molecule has 2 unspecified atom stereocenters. The van der Waals surface area contributed by atoms with E-state index in [2.05, 4.69) is 10.6 Å². The number of nitrogens with one attached hydrogen (secondary N) is 2. The van der Waals surface area contributed by atoms with Crippen LogP contribution in [0.25, 0.3) is 0 Å². The number of carboxylic acid groups (broad SMARTS) is 1. The number of carbonyl (C=O) groups is 2. The number of urea groups is 1. The number of unbranched alkanes of at least 4 members (excludes halogenated alkanes) is 1. The van der Waals surface area contributed by atoms with Crippen molar-refractivity contribution in [2.24, 2.45) is 5.92 Å². The minimum absolute atomic E-state index is 0.153. The lowest BCUT2D eigenvalue weighted by molar-refractivity contribution is -0.137. The summed E-state index contributed by atoms with van der Waals surface area (Å²) in [4.78, 5) is 21.7. The second kappa shape index (κ2) is 7.92. The van der Waals surface area contributed by atoms with E-state index in [0.29, 0.717) is 31.8 Å². The molecule has 0 aromatic heterocycles. The Balaban J connectivity index is 1.98. The summed E-state index contributed by atoms with van der Waals surface area (Å²) < 4.78 is 5.41. The van der Waals surface area contributed by atoms with E-state index in [0.717, 1.165) is 13.0 Å². The van der Waals surface area contributed by atoms with E-state index in [1.165, 1.54) is 0 Å². The zero-order valence-electron chi connectivity index (χ0n) is 10.8. The largest absolute Gasteiger partial charge is 0.481 e. The molecule has 0 spiro atoms. The lowest BCUT2D eigenvalue weighted by Gasteiger charge is -2.15. The fourth-order valence-electron chi connectivity index (χ4n) is 1.93. The van der Waals surface area contributed by atoms with Crippen molar-refractivity contribution in [1.29, 1.82) is 0 Å². The van der Waals surface area contributed by atoms with Gasteiger partial charge in [0.2, 0.25) is 0 Å². The molecular weight excluding hydrogens is 236 g/mol. The predicted octanol–water partition coefficient (Wildman–Crippen LogP) is 0.965. The van der Waals surface area contributed by atoms with Gasteiger partial charge in [0, 0.05) is 32.0 Å². The zero-order chi connectivity index (χ0) is 13.4. The average Bonchev–Trinajstić information content (AvgIpc) is 2.71. The molecule has 1 saturated heterocycles. The minimum atomic E-state index is -0.797. The Hall–Kier alpha value is -1.30. The molecular formula is C12H22N2O4. The molecule has 2 amide bonds. The van der Waals surface area contributed by atoms with E-state index in [4.69, 9.17) is 9.84 Å². The summed E-state index contributed by atoms with van der Waals surface area (Å²) in [6, 6.07) is -0.190. The van der Waals surface area contributed by atoms with Gasteiger partial charge in [-0.3, -0.25) is 4.79 Å². The Labute approximate surface area is 107 Å². The lowest BCUT2D eigenvalue weighted by atomic mass is 10.0. The van der Waals surface area contributed by atoms with Crippen LogP contribution in [-0.4, -0.2) is 42.9 Å². The maximum Gasteiger partial charge on any atom is 0.314 e. The Kier molecular flexibility index (Phi) is 6.49. The van der Waals surface area contributed by atoms with Gasteiger partial charge in [-0.05, 0) is 26.2 Å². The van der Waals surface area contributed by atoms with Crippen molar-refractivity contribution in [3.63, 3.8) is 0 Å². The molecule has 1 fully saturated rings. The van der Waals surface area contributed by atoms with Crippen LogP contribution >= 0.6 is 0 Å². The van der Waals surface area contributed by atoms with Gasteiger partial charge in [0.15, 0.2) is 0 Å². The summed E-state index contributed by atoms with van der Waals surface area (Å²) in [5.74, 6) is -0.405. The second-order valence-electron chi connectivity index (χ2n) is 4.61. The Morgan fingerprint density at radius 2 is 2.11 bits per heavy atom. The summed E-state index contributed by atoms with van der Waals surface area (Å²) in [5.41, 5.74) is 0. The van der Waals surface area contributed by atoms with Crippen molar-refractivity contribution in [3.05, 3.63) is 0 Å². The molecule has 0 saturated carbocycles. The molecule has 1 rings (SSSR count). The first-order chi connectivity index (χ1) is 8.59. The van der Waals surface area contributed by atoms with Crippen molar-refractivity contribution in [2.45, 2.75) is 38.7 Å². The Morgan fingerprint density at radius 3 is 2.72 bits per heavy atom. The summed E-state index contributed by atoms with van der Waals surface area (Å²) in [6.07, 6.45) is 2.62. The standard InChI is InChI=1S/C12H22N2O4/c1-9-10(5-7-18-9)8-14-12(17)13-6-3-2-4-11(15)16/h9-10H,2-8H2,1H3,(H,15,16)(H2,13,14,17). The van der Waals surface area contributed by atoms with E-state index < -0.39 is 5.97 Å². The highest BCUT2D eigenvalue weighted by atomic mass is 16.5. The topological polar surface area (TPSA) is 87.7 Å². The molecule has 2 atom stereocenters. The van der Waals surface area contributed by atoms with Crippen LogP contribution in [0.4, 0.5) is 4.79 Å². The molecule has 0 aromatic carbocycles. The molecule has 18 heavy (non-hydrogen) atoms. The highest BCUT2D eigenvalue weighted by Crippen LogP contribution is 2.18. The van der Waals surface area contributed by atoms with Gasteiger partial charge in [-0.15, -0.1) is 0 Å². The molecule has 6 heteroatoms. The van der Waals surface area contributed by atoms with Crippen LogP contribution in [0, 0.1) is 5.92 Å². The minimum Gasteiger partial charge on any atom is -0.481 e. The SMILES string of the molecule is CC1OCCC1CNC(=O)NCCCCC(=O)O. The molecule has 104 valence electrons. The van der Waals surface area contributed by atoms with E-state index in [1.54, 1.807) is 0 Å². The monoisotopic (exact) mass is 258 g/mol. The van der Waals surface area contributed by atoms with Crippen molar-refractivity contribution in [1.82, 2.24) is 10.6 Å². The van der Waals surface area contributed by atoms with Crippen molar-refractivity contribution in [2.75, 3.05) is 19.7 Å². The third kappa shape index (κ3) is 5.86. The number of ether oxygens (including phenoxy) is 1. The van der Waals surface area contributed by atoms with Crippen LogP contribution in [0.2, 0.25) is 0 Å². The smallest absolute Gasteiger partial charge is 0.314 e. The highest BCUT2D eigenvalue weighted by molar-refractivity contribution is 5.73. The number of hydrogen-bond donors (Lipinski definition) is 3. The van der Waals surface area contributed by atoms with Gasteiger partial charge in [0.1, 0.15) is 0 Å². The predicted molar refractivity (Wildman–Crippen MR) is 66.4 cm³/mol. The molecule has 1 heterocycles. The number of amides is 2. The first-order valence-electron chi connectivity index (χ1n) is 6.44. The molecule has 3 N–H and O–H groups in total. The summed E-state index contributed by atoms with van der Waals surface area (Å²) >= 11 is 0. The van der Waals surface area contributed by atoms with Gasteiger partial charge in [-0.2, -0.15) is 0 Å². The molecule has 6 nitrogen and oxygen atoms in total. The maximum atomic E-state index is 11.4. The van der Waals surface area contributed by atoms with Crippen LogP contribution in [0.15, 0.2) is 0 Å². The first-order valence-corrected chi connectivity index (χ1v) is 6.44. The van der Waals surface area contributed by atoms with Crippen molar-refractivity contribution >= 4 is 12.0 Å². The fourth-order valence-corrected chi connectivity index (χ4v) is 1.93. The van der Waals surface area contributed by atoms with Gasteiger partial charge in [-0.1, -0.05) is 0 Å². The lowest BCUT2D eigenvalue weighted by Crippen LogP contribution is -2.39. The van der Waals surface area contributed by atoms with Crippen molar-refractivity contribution in [3.8, 4) is 0 Å². The Morgan fingerprint density at radius 1 is 1.33 bits per heavy atom. The second-order valence-corrected chi connectivity index (χ2v) is 4.61. The van der Waals surface area contributed by atoms with Crippen LogP contribution < -0.4 is 10.6 Å². The molecule has 0 aromatic rings. The maximum absolute atomic E-state index is 11.4. The Bertz CT molecular complexity index is 283. The van der Waals surface area contributed by atoms with Crippen LogP contribution in [0.5, 0.6) is 0 Å². The highest BCUT2D eigenvalue weighted by Gasteiger charge is 2.24. The number of hydrogen-bond acceptors (Lipinski definition) is 3. The summed E-state index contributed by atoms with van der Waals surface area (Å²) in [5, 5.41) is 14.0. The molecule has 1 aliphatic heterocycles. The van der Waals surface area contributed by atoms with Gasteiger partial charge in [0.05, 0.1) is 6.10 Å². The average molecular weight is 258 g/mol. The van der Waals surface area contributed by atoms with E-state index >= 15 is 0 Å². The fraction of sp³-hybridized carbons (Fsp3) is 0.833. The van der Waals surface area contributed by atoms with Gasteiger partial charge < -0.3 is 20.5 Å². The van der Waals surface area contributed by atoms with Crippen molar-refractivity contribution < 1.29 is 19.4 Å². The summed E-state index contributed by atoms with van der Waals surface area (Å²) in [7, 11) is 0. The molecule has 0 radical (unpaired) electrons. The molecule has 0 aliphatic carbocycles. The number of carbonyl (C=O) groups excluding carboxylic acids is 1. The van der Waals surface area contributed by atoms with Crippen LogP contribution in [-0.2, 0) is 9.53 Å². The van der Waals surface area contributed by atoms with Crippen LogP contribution in [0.1, 0.15) is 32.6 Å². The summed E-state index contributed by atoms with van der Waals surface area (Å²) in [6.45, 7) is 3.92. The molecule has 0 bridgehead atoms. The van der Waals surface area contributed by atoms with Crippen LogP contribution in [0.3, 0.4) is 0 Å². The normalized spacial score (nSPS) is 22.7. The van der Waals surface area contributed by atoms with E-state index in [-0.39, 0.29) is 18.6 Å². The number of rotatable bonds is 7. The first kappa shape index (κ1) is 14.8. The quantitative estimate of drug-likeness (QED) is 0.594. The third-order valence-electron chi connectivity index (χ3n) is 3.16. The zero-order valence-corrected chi connectivity index (χ0v) is 10.8.